The summed E-state index contributed by atoms with van der Waals surface area (Å²) in [7, 11) is 0. The summed E-state index contributed by atoms with van der Waals surface area (Å²) in [6.45, 7) is 4.10. The summed E-state index contributed by atoms with van der Waals surface area (Å²) in [6.07, 6.45) is 2.62. The van der Waals surface area contributed by atoms with Crippen molar-refractivity contribution in [3.05, 3.63) is 92.5 Å². The number of carbonyl (C=O) groups is 2. The number of hydrogen-bond acceptors (Lipinski definition) is 6. The van der Waals surface area contributed by atoms with Crippen molar-refractivity contribution in [1.29, 1.82) is 0 Å². The number of hydrogen-bond donors (Lipinski definition) is 1. The fraction of sp³-hybridized carbons (Fsp3) is 0.207. The number of fused-ring (bicyclic) bond motifs is 1. The van der Waals surface area contributed by atoms with Gasteiger partial charge in [-0.15, -0.1) is 0 Å². The van der Waals surface area contributed by atoms with Gasteiger partial charge in [-0.3, -0.25) is 4.79 Å². The highest BCUT2D eigenvalue weighted by atomic mass is 79.9. The molecule has 0 saturated heterocycles. The molecular weight excluding hydrogens is 554 g/mol. The molecule has 0 aliphatic carbocycles. The van der Waals surface area contributed by atoms with Crippen LogP contribution in [0.25, 0.3) is 16.8 Å². The molecular formula is C29H26BrNO5S. The molecule has 0 atom stereocenters. The van der Waals surface area contributed by atoms with Crippen molar-refractivity contribution in [3.8, 4) is 5.75 Å². The highest BCUT2D eigenvalue weighted by Gasteiger charge is 2.33. The standard InChI is InChI=1S/C29H26BrNO5S/c1-3-7-25(32)31-28-26(29(34)35-4-2)27(33)24(37-28)16-18-11-13-23(22(30)15-18)36-17-19-10-12-20-8-5-6-9-21(20)14-19/h5-6,8-16,33H,3-4,7,17H2,1-2H3/b24-16-,31-28?. The zero-order chi connectivity index (χ0) is 26.4. The van der Waals surface area contributed by atoms with E-state index < -0.39 is 5.97 Å². The number of amides is 1. The fourth-order valence-corrected chi connectivity index (χ4v) is 5.28. The van der Waals surface area contributed by atoms with Crippen LogP contribution in [0.3, 0.4) is 0 Å². The monoisotopic (exact) mass is 579 g/mol. The molecule has 0 radical (unpaired) electrons. The molecule has 1 N–H and O–H groups in total. The maximum atomic E-state index is 12.5. The van der Waals surface area contributed by atoms with Gasteiger partial charge in [-0.2, -0.15) is 0 Å². The molecule has 0 unspecified atom stereocenters. The number of nitrogens with zero attached hydrogens (tertiary/aromatic N) is 1. The lowest BCUT2D eigenvalue weighted by molar-refractivity contribution is -0.138. The quantitative estimate of drug-likeness (QED) is 0.280. The molecule has 3 aromatic rings. The Morgan fingerprint density at radius 3 is 2.57 bits per heavy atom. The Kier molecular flexibility index (Phi) is 8.84. The third-order valence-electron chi connectivity index (χ3n) is 5.52. The van der Waals surface area contributed by atoms with E-state index in [0.29, 0.717) is 23.7 Å². The highest BCUT2D eigenvalue weighted by Crippen LogP contribution is 2.40. The Morgan fingerprint density at radius 2 is 1.84 bits per heavy atom. The normalized spacial score (nSPS) is 15.5. The van der Waals surface area contributed by atoms with Gasteiger partial charge in [-0.1, -0.05) is 61.2 Å². The van der Waals surface area contributed by atoms with E-state index in [0.717, 1.165) is 32.7 Å². The van der Waals surface area contributed by atoms with Crippen molar-refractivity contribution in [2.75, 3.05) is 6.61 Å². The third-order valence-corrected chi connectivity index (χ3v) is 7.16. The summed E-state index contributed by atoms with van der Waals surface area (Å²) < 4.78 is 11.8. The van der Waals surface area contributed by atoms with Crippen LogP contribution in [0.4, 0.5) is 0 Å². The first-order valence-corrected chi connectivity index (χ1v) is 13.5. The first kappa shape index (κ1) is 26.7. The van der Waals surface area contributed by atoms with E-state index >= 15 is 0 Å². The Balaban J connectivity index is 1.53. The van der Waals surface area contributed by atoms with E-state index in [9.17, 15) is 14.7 Å². The van der Waals surface area contributed by atoms with Gasteiger partial charge in [0.05, 0.1) is 16.0 Å². The minimum absolute atomic E-state index is 0.0862. The first-order valence-electron chi connectivity index (χ1n) is 11.9. The molecule has 0 saturated carbocycles. The number of thioether (sulfide) groups is 1. The Bertz CT molecular complexity index is 1440. The Morgan fingerprint density at radius 1 is 1.05 bits per heavy atom. The lowest BCUT2D eigenvalue weighted by atomic mass is 10.1. The fourth-order valence-electron chi connectivity index (χ4n) is 3.74. The van der Waals surface area contributed by atoms with Crippen LogP contribution in [0.2, 0.25) is 0 Å². The van der Waals surface area contributed by atoms with Crippen LogP contribution in [-0.2, 0) is 20.9 Å². The largest absolute Gasteiger partial charge is 0.506 e. The van der Waals surface area contributed by atoms with Crippen LogP contribution in [0.15, 0.2) is 86.4 Å². The van der Waals surface area contributed by atoms with Crippen LogP contribution in [0, 0.1) is 0 Å². The summed E-state index contributed by atoms with van der Waals surface area (Å²) in [5.41, 5.74) is 1.74. The molecule has 0 bridgehead atoms. The number of esters is 1. The van der Waals surface area contributed by atoms with Gasteiger partial charge >= 0.3 is 5.97 Å². The van der Waals surface area contributed by atoms with Crippen molar-refractivity contribution in [1.82, 2.24) is 0 Å². The molecule has 1 aliphatic heterocycles. The molecule has 1 aliphatic rings. The molecule has 0 aromatic heterocycles. The summed E-state index contributed by atoms with van der Waals surface area (Å²) in [4.78, 5) is 29.0. The molecule has 1 heterocycles. The van der Waals surface area contributed by atoms with Crippen molar-refractivity contribution in [3.63, 3.8) is 0 Å². The topological polar surface area (TPSA) is 85.2 Å². The Labute approximate surface area is 228 Å². The maximum absolute atomic E-state index is 12.5. The Hall–Kier alpha value is -3.36. The molecule has 37 heavy (non-hydrogen) atoms. The second-order valence-corrected chi connectivity index (χ2v) is 10.2. The van der Waals surface area contributed by atoms with E-state index in [1.165, 1.54) is 5.39 Å². The zero-order valence-corrected chi connectivity index (χ0v) is 22.9. The van der Waals surface area contributed by atoms with Crippen molar-refractivity contribution in [2.45, 2.75) is 33.3 Å². The predicted octanol–water partition coefficient (Wildman–Crippen LogP) is 7.37. The molecule has 8 heteroatoms. The van der Waals surface area contributed by atoms with Gasteiger partial charge in [0.2, 0.25) is 5.91 Å². The minimum atomic E-state index is -0.711. The summed E-state index contributed by atoms with van der Waals surface area (Å²) >= 11 is 4.63. The molecule has 0 spiro atoms. The van der Waals surface area contributed by atoms with Gasteiger partial charge < -0.3 is 14.6 Å². The maximum Gasteiger partial charge on any atom is 0.344 e. The number of ether oxygens (including phenoxy) is 2. The number of halogens is 1. The van der Waals surface area contributed by atoms with Crippen LogP contribution < -0.4 is 4.74 Å². The van der Waals surface area contributed by atoms with Gasteiger partial charge in [0.15, 0.2) is 0 Å². The number of rotatable bonds is 8. The molecule has 1 amide bonds. The van der Waals surface area contributed by atoms with Gasteiger partial charge in [0.1, 0.15) is 28.7 Å². The van der Waals surface area contributed by atoms with Gasteiger partial charge in [0, 0.05) is 6.42 Å². The second-order valence-electron chi connectivity index (χ2n) is 8.28. The molecule has 0 fully saturated rings. The molecule has 4 rings (SSSR count). The van der Waals surface area contributed by atoms with E-state index in [2.05, 4.69) is 45.2 Å². The summed E-state index contributed by atoms with van der Waals surface area (Å²) in [5.74, 6) is -0.637. The molecule has 190 valence electrons. The minimum Gasteiger partial charge on any atom is -0.506 e. The molecule has 3 aromatic carbocycles. The van der Waals surface area contributed by atoms with Crippen molar-refractivity contribution in [2.24, 2.45) is 4.99 Å². The predicted molar refractivity (Wildman–Crippen MR) is 152 cm³/mol. The van der Waals surface area contributed by atoms with Crippen LogP contribution >= 0.6 is 27.7 Å². The SMILES string of the molecule is CCCC(=O)N=C1S/C(=C\c2ccc(OCc3ccc4ccccc4c3)c(Br)c2)C(O)=C1C(=O)OCC. The highest BCUT2D eigenvalue weighted by molar-refractivity contribution is 9.10. The van der Waals surface area contributed by atoms with Gasteiger partial charge in [-0.05, 0) is 75.4 Å². The first-order chi connectivity index (χ1) is 17.9. The average molecular weight is 581 g/mol. The van der Waals surface area contributed by atoms with Crippen LogP contribution in [0.5, 0.6) is 5.75 Å². The lowest BCUT2D eigenvalue weighted by Crippen LogP contribution is -2.14. The zero-order valence-electron chi connectivity index (χ0n) is 20.5. The van der Waals surface area contributed by atoms with E-state index in [1.54, 1.807) is 13.0 Å². The number of benzene rings is 3. The lowest BCUT2D eigenvalue weighted by Gasteiger charge is -2.10. The second kappa shape index (κ2) is 12.3. The summed E-state index contributed by atoms with van der Waals surface area (Å²) in [5, 5.41) is 13.3. The van der Waals surface area contributed by atoms with E-state index in [4.69, 9.17) is 9.47 Å². The van der Waals surface area contributed by atoms with Gasteiger partial charge in [0.25, 0.3) is 0 Å². The molecule has 6 nitrogen and oxygen atoms in total. The van der Waals surface area contributed by atoms with Crippen molar-refractivity contribution < 1.29 is 24.2 Å². The number of aliphatic hydroxyl groups is 1. The average Bonchev–Trinajstić information content (AvgIpc) is 3.17. The third kappa shape index (κ3) is 6.50. The van der Waals surface area contributed by atoms with Crippen LogP contribution in [0.1, 0.15) is 37.8 Å². The van der Waals surface area contributed by atoms with Gasteiger partial charge in [-0.25, -0.2) is 9.79 Å². The van der Waals surface area contributed by atoms with Crippen molar-refractivity contribution >= 4 is 61.5 Å². The van der Waals surface area contributed by atoms with E-state index in [-0.39, 0.29) is 35.3 Å². The van der Waals surface area contributed by atoms with Crippen LogP contribution in [-0.4, -0.2) is 28.6 Å². The number of aliphatic imine (C=N–C) groups is 1. The smallest absolute Gasteiger partial charge is 0.344 e. The number of carbonyl (C=O) groups excluding carboxylic acids is 2. The number of aliphatic hydroxyl groups excluding tert-OH is 1. The van der Waals surface area contributed by atoms with E-state index in [1.807, 2.05) is 43.3 Å². The summed E-state index contributed by atoms with van der Waals surface area (Å²) in [6, 6.07) is 20.0.